The lowest BCUT2D eigenvalue weighted by Gasteiger charge is -2.45. The van der Waals surface area contributed by atoms with Gasteiger partial charge in [0, 0.05) is 12.1 Å². The van der Waals surface area contributed by atoms with Crippen molar-refractivity contribution >= 4 is 11.8 Å². The highest BCUT2D eigenvalue weighted by molar-refractivity contribution is 6.04. The number of hydrogen-bond acceptors (Lipinski definition) is 13. The molecule has 8 aromatic carbocycles. The Kier molecular flexibility index (Phi) is 21.8. The van der Waals surface area contributed by atoms with E-state index in [9.17, 15) is 4.79 Å². The van der Waals surface area contributed by atoms with Gasteiger partial charge in [0.25, 0.3) is 0 Å². The van der Waals surface area contributed by atoms with Gasteiger partial charge in [0.1, 0.15) is 80.3 Å². The van der Waals surface area contributed by atoms with Gasteiger partial charge in [-0.1, -0.05) is 207 Å². The highest BCUT2D eigenvalue weighted by Crippen LogP contribution is 2.38. The zero-order valence-corrected chi connectivity index (χ0v) is 45.5. The molecule has 1 heterocycles. The summed E-state index contributed by atoms with van der Waals surface area (Å²) in [5.74, 6) is -0.602. The Bertz CT molecular complexity index is 3240. The number of rotatable bonds is 31. The summed E-state index contributed by atoms with van der Waals surface area (Å²) in [6, 6.07) is 66.0. The Morgan fingerprint density at radius 2 is 0.878 bits per heavy atom. The van der Waals surface area contributed by atoms with Crippen LogP contribution in [0.5, 0.6) is 28.7 Å². The van der Waals surface area contributed by atoms with Gasteiger partial charge in [0.15, 0.2) is 23.6 Å². The summed E-state index contributed by atoms with van der Waals surface area (Å²) in [6.45, 7) is 8.31. The Labute approximate surface area is 479 Å². The Morgan fingerprint density at radius 1 is 0.427 bits per heavy atom. The predicted octanol–water partition coefficient (Wildman–Crippen LogP) is 13.1. The second-order valence-electron chi connectivity index (χ2n) is 19.2. The third kappa shape index (κ3) is 16.9. The second kappa shape index (κ2) is 30.8. The van der Waals surface area contributed by atoms with Crippen LogP contribution < -0.4 is 23.7 Å². The molecule has 13 nitrogen and oxygen atoms in total. The van der Waals surface area contributed by atoms with Crippen molar-refractivity contribution in [3.05, 3.63) is 282 Å². The van der Waals surface area contributed by atoms with Gasteiger partial charge < -0.3 is 52.1 Å². The van der Waals surface area contributed by atoms with Gasteiger partial charge in [-0.25, -0.2) is 4.79 Å². The molecule has 8 aromatic rings. The lowest BCUT2D eigenvalue weighted by molar-refractivity contribution is -0.326. The van der Waals surface area contributed by atoms with Crippen LogP contribution in [0.15, 0.2) is 238 Å². The molecular formula is C69H66O13. The molecule has 82 heavy (non-hydrogen) atoms. The average Bonchev–Trinajstić information content (AvgIpc) is 3.55. The number of carbonyl (C=O) groups excluding carboxylic acids is 2. The van der Waals surface area contributed by atoms with E-state index in [1.165, 1.54) is 18.2 Å². The number of benzene rings is 8. The second-order valence-corrected chi connectivity index (χ2v) is 19.2. The van der Waals surface area contributed by atoms with Crippen LogP contribution in [0.2, 0.25) is 0 Å². The minimum absolute atomic E-state index is 0.0459. The van der Waals surface area contributed by atoms with E-state index >= 15 is 4.79 Å². The Balaban J connectivity index is 1.09. The van der Waals surface area contributed by atoms with E-state index in [4.69, 9.17) is 52.1 Å². The van der Waals surface area contributed by atoms with E-state index in [2.05, 4.69) is 13.2 Å². The van der Waals surface area contributed by atoms with E-state index in [0.29, 0.717) is 5.75 Å². The predicted molar refractivity (Wildman–Crippen MR) is 311 cm³/mol. The molecule has 0 aliphatic carbocycles. The summed E-state index contributed by atoms with van der Waals surface area (Å²) >= 11 is 0. The molecule has 0 bridgehead atoms. The molecule has 5 atom stereocenters. The van der Waals surface area contributed by atoms with Gasteiger partial charge in [-0.3, -0.25) is 4.79 Å². The van der Waals surface area contributed by atoms with E-state index in [1.54, 1.807) is 24.3 Å². The molecule has 13 heteroatoms. The van der Waals surface area contributed by atoms with Gasteiger partial charge in [0.2, 0.25) is 0 Å². The largest absolute Gasteiger partial charge is 0.489 e. The molecule has 0 saturated carbocycles. The maximum Gasteiger partial charge on any atom is 0.343 e. The van der Waals surface area contributed by atoms with Crippen LogP contribution in [0.1, 0.15) is 54.1 Å². The van der Waals surface area contributed by atoms with Gasteiger partial charge in [-0.15, -0.1) is 0 Å². The zero-order chi connectivity index (χ0) is 56.6. The van der Waals surface area contributed by atoms with Crippen molar-refractivity contribution in [3.8, 4) is 28.7 Å². The number of carbonyl (C=O) groups is 2. The van der Waals surface area contributed by atoms with Crippen molar-refractivity contribution in [1.29, 1.82) is 0 Å². The fourth-order valence-electron chi connectivity index (χ4n) is 9.03. The first-order valence-corrected chi connectivity index (χ1v) is 27.1. The van der Waals surface area contributed by atoms with Crippen molar-refractivity contribution < 1.29 is 61.7 Å². The highest BCUT2D eigenvalue weighted by atomic mass is 16.7. The summed E-state index contributed by atoms with van der Waals surface area (Å²) in [7, 11) is 0. The molecule has 0 radical (unpaired) electrons. The van der Waals surface area contributed by atoms with Crippen LogP contribution in [0.3, 0.4) is 0 Å². The summed E-state index contributed by atoms with van der Waals surface area (Å²) in [6.07, 6.45) is -1.48. The smallest absolute Gasteiger partial charge is 0.343 e. The van der Waals surface area contributed by atoms with Gasteiger partial charge in [0.05, 0.1) is 38.6 Å². The minimum Gasteiger partial charge on any atom is -0.489 e. The number of hydrogen-bond donors (Lipinski definition) is 0. The third-order valence-corrected chi connectivity index (χ3v) is 13.1. The number of ketones is 1. The molecule has 1 aliphatic heterocycles. The quantitative estimate of drug-likeness (QED) is 0.0134. The van der Waals surface area contributed by atoms with Gasteiger partial charge >= 0.3 is 5.97 Å². The first kappa shape index (κ1) is 58.0. The first-order valence-electron chi connectivity index (χ1n) is 27.1. The monoisotopic (exact) mass is 1100 g/mol. The normalized spacial score (nSPS) is 16.6. The van der Waals surface area contributed by atoms with Crippen molar-refractivity contribution in [1.82, 2.24) is 0 Å². The third-order valence-electron chi connectivity index (χ3n) is 13.1. The number of esters is 1. The van der Waals surface area contributed by atoms with Crippen LogP contribution in [0.25, 0.3) is 0 Å². The molecule has 0 spiro atoms. The van der Waals surface area contributed by atoms with E-state index in [-0.39, 0.29) is 93.6 Å². The van der Waals surface area contributed by atoms with Crippen molar-refractivity contribution in [2.24, 2.45) is 0 Å². The number of ether oxygens (including phenoxy) is 11. The van der Waals surface area contributed by atoms with Crippen molar-refractivity contribution in [2.45, 2.75) is 70.3 Å². The molecule has 0 amide bonds. The molecule has 9 rings (SSSR count). The molecule has 0 aromatic heterocycles. The molecule has 0 unspecified atom stereocenters. The van der Waals surface area contributed by atoms with E-state index in [0.717, 1.165) is 33.4 Å². The lowest BCUT2D eigenvalue weighted by atomic mass is 9.97. The van der Waals surface area contributed by atoms with Crippen LogP contribution >= 0.6 is 0 Å². The average molecular weight is 1100 g/mol. The first-order chi connectivity index (χ1) is 40.4. The van der Waals surface area contributed by atoms with Crippen LogP contribution in [-0.4, -0.2) is 68.9 Å². The molecule has 1 fully saturated rings. The standard InChI is InChI=1S/C69H66O13/c1-3-37-73-59-36-35-56(39-60(59)74-38-4-2)68(71)81-62-41-57(75-43-51-25-13-6-14-26-51)40-61(76-44-52-27-15-7-16-28-52)64(62)58(70)48-80-69-67(79-47-55-33-21-10-22-34-55)66(78-46-54-31-19-9-20-32-54)65(77-45-53-29-17-8-18-30-53)63(82-69)49-72-42-50-23-11-5-12-24-50/h3-36,39-41,63,65-67,69H,1-2,37-38,42-49H2/t63-,65-,66+,67-,69-/m1/s1/i68+1. The molecule has 0 N–H and O–H groups in total. The zero-order valence-electron chi connectivity index (χ0n) is 45.5. The SMILES string of the molecule is C=CCOc1ccc([13C](=O)Oc2cc(OCc3ccccc3)cc(OCc3ccccc3)c2C(=O)CO[C@@H]2O[C@H](COCc3ccccc3)[C@@H](OCc3ccccc3)[C@H](OCc3ccccc3)[C@H]2OCc2ccccc2)cc1OCC=C. The lowest BCUT2D eigenvalue weighted by Crippen LogP contribution is -2.62. The molecule has 420 valence electrons. The van der Waals surface area contributed by atoms with E-state index in [1.807, 2.05) is 182 Å². The fraction of sp³-hybridized carbons (Fsp3) is 0.217. The molecular weight excluding hydrogens is 1040 g/mol. The topological polar surface area (TPSA) is 136 Å². The summed E-state index contributed by atoms with van der Waals surface area (Å²) in [4.78, 5) is 29.9. The Morgan fingerprint density at radius 3 is 1.40 bits per heavy atom. The Hall–Kier alpha value is -8.66. The van der Waals surface area contributed by atoms with Gasteiger partial charge in [-0.2, -0.15) is 0 Å². The maximum absolute atomic E-state index is 15.4. The van der Waals surface area contributed by atoms with Crippen LogP contribution in [0.4, 0.5) is 0 Å². The molecule has 1 aliphatic rings. The number of Topliss-reactive ketones (excluding diaryl/α,β-unsaturated/α-hetero) is 1. The van der Waals surface area contributed by atoms with Gasteiger partial charge in [-0.05, 0) is 51.6 Å². The summed E-state index contributed by atoms with van der Waals surface area (Å²) < 4.78 is 71.6. The summed E-state index contributed by atoms with van der Waals surface area (Å²) in [5.41, 5.74) is 5.41. The van der Waals surface area contributed by atoms with Crippen LogP contribution in [0, 0.1) is 0 Å². The van der Waals surface area contributed by atoms with Crippen LogP contribution in [-0.2, 0) is 68.1 Å². The van der Waals surface area contributed by atoms with Crippen molar-refractivity contribution in [3.63, 3.8) is 0 Å². The molecule has 1 saturated heterocycles. The summed E-state index contributed by atoms with van der Waals surface area (Å²) in [5, 5.41) is 0. The maximum atomic E-state index is 15.4. The fourth-order valence-corrected chi connectivity index (χ4v) is 9.03. The van der Waals surface area contributed by atoms with Crippen molar-refractivity contribution in [2.75, 3.05) is 26.4 Å². The minimum atomic E-state index is -1.25. The highest BCUT2D eigenvalue weighted by Gasteiger charge is 2.49. The van der Waals surface area contributed by atoms with E-state index < -0.39 is 49.1 Å².